The van der Waals surface area contributed by atoms with Crippen LogP contribution in [-0.4, -0.2) is 20.3 Å². The predicted octanol–water partition coefficient (Wildman–Crippen LogP) is 4.24. The van der Waals surface area contributed by atoms with Gasteiger partial charge < -0.3 is 10.3 Å². The lowest BCUT2D eigenvalue weighted by Gasteiger charge is -2.20. The molecule has 1 amide bonds. The Balaban J connectivity index is 1.90. The summed E-state index contributed by atoms with van der Waals surface area (Å²) >= 11 is 0. The molecular weight excluding hydrogens is 407 g/mol. The van der Waals surface area contributed by atoms with Gasteiger partial charge in [0, 0.05) is 24.2 Å². The van der Waals surface area contributed by atoms with E-state index in [9.17, 15) is 9.59 Å². The zero-order valence-electron chi connectivity index (χ0n) is 18.7. The van der Waals surface area contributed by atoms with E-state index in [1.807, 2.05) is 39.8 Å². The molecule has 7 heteroatoms. The van der Waals surface area contributed by atoms with E-state index in [1.54, 1.807) is 36.0 Å². The number of nitrogens with zero attached hydrogens (tertiary/aromatic N) is 3. The van der Waals surface area contributed by atoms with Crippen LogP contribution in [0.4, 0.5) is 4.39 Å². The molecule has 6 nitrogen and oxygen atoms in total. The van der Waals surface area contributed by atoms with Gasteiger partial charge in [-0.25, -0.2) is 4.39 Å². The number of amides is 1. The molecule has 2 heterocycles. The van der Waals surface area contributed by atoms with Crippen LogP contribution in [0.25, 0.3) is 27.6 Å². The van der Waals surface area contributed by atoms with Crippen molar-refractivity contribution in [1.82, 2.24) is 14.3 Å². The van der Waals surface area contributed by atoms with Crippen molar-refractivity contribution in [3.63, 3.8) is 0 Å². The first-order chi connectivity index (χ1) is 15.0. The number of carbonyl (C=O) groups excluding carboxylic acids is 1. The number of halogens is 1. The lowest BCUT2D eigenvalue weighted by Crippen LogP contribution is -2.23. The Bertz CT molecular complexity index is 1440. The molecule has 2 N–H and O–H groups in total. The molecule has 32 heavy (non-hydrogen) atoms. The summed E-state index contributed by atoms with van der Waals surface area (Å²) in [6.07, 6.45) is 3.32. The van der Waals surface area contributed by atoms with Crippen LogP contribution >= 0.6 is 0 Å². The monoisotopic (exact) mass is 432 g/mol. The molecule has 0 atom stereocenters. The molecule has 0 aliphatic rings. The number of hydrogen-bond donors (Lipinski definition) is 1. The van der Waals surface area contributed by atoms with Crippen LogP contribution in [0.5, 0.6) is 0 Å². The molecule has 4 rings (SSSR count). The number of rotatable bonds is 3. The molecule has 0 aliphatic carbocycles. The van der Waals surface area contributed by atoms with E-state index >= 15 is 4.39 Å². The van der Waals surface area contributed by atoms with Gasteiger partial charge in [0.1, 0.15) is 11.5 Å². The Labute approximate surface area is 185 Å². The van der Waals surface area contributed by atoms with Crippen LogP contribution < -0.4 is 11.3 Å². The standard InChI is InChI=1S/C25H25FN4O2/c1-14-18(16-10-21(23(27)31)29(5)13-16)7-6-8-20(14)30-24(32)22-15(12-28-30)9-17(11-19(22)26)25(2,3)4/h6-13H,1-5H3,(H2,27,31). The van der Waals surface area contributed by atoms with Crippen molar-refractivity contribution in [2.24, 2.45) is 12.8 Å². The van der Waals surface area contributed by atoms with Crippen LogP contribution in [0, 0.1) is 12.7 Å². The first-order valence-corrected chi connectivity index (χ1v) is 10.3. The molecular formula is C25H25FN4O2. The quantitative estimate of drug-likeness (QED) is 0.526. The van der Waals surface area contributed by atoms with E-state index in [0.29, 0.717) is 16.8 Å². The molecule has 0 aliphatic heterocycles. The zero-order chi connectivity index (χ0) is 23.4. The molecule has 2 aromatic carbocycles. The highest BCUT2D eigenvalue weighted by Gasteiger charge is 2.20. The van der Waals surface area contributed by atoms with Gasteiger partial charge in [0.15, 0.2) is 0 Å². The highest BCUT2D eigenvalue weighted by molar-refractivity contribution is 5.93. The molecule has 2 aromatic heterocycles. The number of benzene rings is 2. The number of nitrogens with two attached hydrogens (primary N) is 1. The maximum Gasteiger partial charge on any atom is 0.282 e. The lowest BCUT2D eigenvalue weighted by molar-refractivity contribution is 0.0992. The summed E-state index contributed by atoms with van der Waals surface area (Å²) in [6.45, 7) is 7.83. The highest BCUT2D eigenvalue weighted by Crippen LogP contribution is 2.30. The van der Waals surface area contributed by atoms with E-state index in [4.69, 9.17) is 5.73 Å². The molecule has 164 valence electrons. The van der Waals surface area contributed by atoms with Crippen molar-refractivity contribution >= 4 is 16.7 Å². The summed E-state index contributed by atoms with van der Waals surface area (Å²) < 4.78 is 17.9. The molecule has 4 aromatic rings. The SMILES string of the molecule is Cc1c(-c2cc(C(N)=O)n(C)c2)cccc1-n1ncc2cc(C(C)(C)C)cc(F)c2c1=O. The average Bonchev–Trinajstić information content (AvgIpc) is 3.09. The fraction of sp³-hybridized carbons (Fsp3) is 0.240. The maximum atomic E-state index is 15.0. The van der Waals surface area contributed by atoms with Gasteiger partial charge in [-0.15, -0.1) is 0 Å². The Hall–Kier alpha value is -3.74. The normalized spacial score (nSPS) is 11.8. The van der Waals surface area contributed by atoms with Crippen molar-refractivity contribution in [3.05, 3.63) is 81.8 Å². The lowest BCUT2D eigenvalue weighted by atomic mass is 9.86. The third-order valence-corrected chi connectivity index (χ3v) is 5.81. The topological polar surface area (TPSA) is 82.9 Å². The summed E-state index contributed by atoms with van der Waals surface area (Å²) in [5.41, 5.74) is 8.76. The predicted molar refractivity (Wildman–Crippen MR) is 124 cm³/mol. The van der Waals surface area contributed by atoms with Crippen molar-refractivity contribution in [2.75, 3.05) is 0 Å². The number of primary amides is 1. The molecule has 0 bridgehead atoms. The minimum atomic E-state index is -0.559. The van der Waals surface area contributed by atoms with Crippen LogP contribution in [0.15, 0.2) is 53.6 Å². The van der Waals surface area contributed by atoms with Gasteiger partial charge in [0.25, 0.3) is 11.5 Å². The third kappa shape index (κ3) is 3.49. The second-order valence-corrected chi connectivity index (χ2v) is 9.07. The van der Waals surface area contributed by atoms with E-state index in [0.717, 1.165) is 22.3 Å². The largest absolute Gasteiger partial charge is 0.364 e. The molecule has 0 saturated carbocycles. The number of fused-ring (bicyclic) bond motifs is 1. The maximum absolute atomic E-state index is 15.0. The zero-order valence-corrected chi connectivity index (χ0v) is 18.7. The third-order valence-electron chi connectivity index (χ3n) is 5.81. The van der Waals surface area contributed by atoms with Crippen molar-refractivity contribution in [3.8, 4) is 16.8 Å². The second kappa shape index (κ2) is 7.44. The van der Waals surface area contributed by atoms with E-state index in [2.05, 4.69) is 5.10 Å². The van der Waals surface area contributed by atoms with E-state index in [-0.39, 0.29) is 10.8 Å². The highest BCUT2D eigenvalue weighted by atomic mass is 19.1. The van der Waals surface area contributed by atoms with Crippen LogP contribution in [0.1, 0.15) is 42.4 Å². The summed E-state index contributed by atoms with van der Waals surface area (Å²) in [5.74, 6) is -1.08. The summed E-state index contributed by atoms with van der Waals surface area (Å²) in [4.78, 5) is 24.9. The Morgan fingerprint density at radius 1 is 1.16 bits per heavy atom. The van der Waals surface area contributed by atoms with E-state index < -0.39 is 17.3 Å². The fourth-order valence-electron chi connectivity index (χ4n) is 3.96. The molecule has 0 spiro atoms. The molecule has 0 unspecified atom stereocenters. The van der Waals surface area contributed by atoms with Crippen molar-refractivity contribution < 1.29 is 9.18 Å². The summed E-state index contributed by atoms with van der Waals surface area (Å²) in [5, 5.41) is 4.83. The van der Waals surface area contributed by atoms with Gasteiger partial charge >= 0.3 is 0 Å². The molecule has 0 saturated heterocycles. The minimum absolute atomic E-state index is 0.00790. The van der Waals surface area contributed by atoms with Gasteiger partial charge in [-0.3, -0.25) is 9.59 Å². The van der Waals surface area contributed by atoms with Gasteiger partial charge in [0.05, 0.1) is 17.3 Å². The van der Waals surface area contributed by atoms with Crippen LogP contribution in [0.2, 0.25) is 0 Å². The van der Waals surface area contributed by atoms with Gasteiger partial charge in [-0.05, 0) is 53.3 Å². The number of hydrogen-bond acceptors (Lipinski definition) is 3. The minimum Gasteiger partial charge on any atom is -0.364 e. The first-order valence-electron chi connectivity index (χ1n) is 10.3. The van der Waals surface area contributed by atoms with E-state index in [1.165, 1.54) is 16.9 Å². The Kier molecular flexibility index (Phi) is 5.00. The first kappa shape index (κ1) is 21.5. The average molecular weight is 432 g/mol. The number of carbonyl (C=O) groups is 1. The summed E-state index contributed by atoms with van der Waals surface area (Å²) in [7, 11) is 1.74. The number of aromatic nitrogens is 3. The fourth-order valence-corrected chi connectivity index (χ4v) is 3.96. The Morgan fingerprint density at radius 2 is 1.88 bits per heavy atom. The summed E-state index contributed by atoms with van der Waals surface area (Å²) in [6, 6.07) is 10.4. The van der Waals surface area contributed by atoms with Crippen molar-refractivity contribution in [1.29, 1.82) is 0 Å². The second-order valence-electron chi connectivity index (χ2n) is 9.07. The van der Waals surface area contributed by atoms with Crippen LogP contribution in [-0.2, 0) is 12.5 Å². The van der Waals surface area contributed by atoms with Gasteiger partial charge in [-0.1, -0.05) is 32.9 Å². The smallest absolute Gasteiger partial charge is 0.282 e. The molecule has 0 fully saturated rings. The molecule has 0 radical (unpaired) electrons. The van der Waals surface area contributed by atoms with Gasteiger partial charge in [0.2, 0.25) is 0 Å². The van der Waals surface area contributed by atoms with Crippen molar-refractivity contribution in [2.45, 2.75) is 33.1 Å². The van der Waals surface area contributed by atoms with Crippen LogP contribution in [0.3, 0.4) is 0 Å². The number of aryl methyl sites for hydroxylation is 1. The Morgan fingerprint density at radius 3 is 2.50 bits per heavy atom. The van der Waals surface area contributed by atoms with Gasteiger partial charge in [-0.2, -0.15) is 9.78 Å².